The lowest BCUT2D eigenvalue weighted by Crippen LogP contribution is -2.49. The van der Waals surface area contributed by atoms with Crippen LogP contribution in [-0.4, -0.2) is 41.0 Å². The normalized spacial score (nSPS) is 26.8. The third-order valence-electron chi connectivity index (χ3n) is 7.14. The van der Waals surface area contributed by atoms with Gasteiger partial charge >= 0.3 is 6.18 Å². The van der Waals surface area contributed by atoms with Gasteiger partial charge in [-0.25, -0.2) is 0 Å². The SMILES string of the molecule is C=C1CCC(N2Cc3cc(C[C@H]4CCCC[C@@H]4N[C@@H](C)CC(F)(F)F)ccc3C2=O)C(=O)N1. The van der Waals surface area contributed by atoms with Crippen molar-refractivity contribution < 1.29 is 22.8 Å². The summed E-state index contributed by atoms with van der Waals surface area (Å²) in [6.45, 7) is 5.80. The molecule has 0 aromatic heterocycles. The van der Waals surface area contributed by atoms with E-state index in [1.165, 1.54) is 0 Å². The van der Waals surface area contributed by atoms with Gasteiger partial charge < -0.3 is 15.5 Å². The van der Waals surface area contributed by atoms with Gasteiger partial charge in [0.05, 0.1) is 6.42 Å². The lowest BCUT2D eigenvalue weighted by molar-refractivity contribution is -0.139. The molecule has 180 valence electrons. The molecule has 4 atom stereocenters. The lowest BCUT2D eigenvalue weighted by Gasteiger charge is -2.35. The van der Waals surface area contributed by atoms with Gasteiger partial charge in [0.2, 0.25) is 5.91 Å². The molecule has 2 amide bonds. The Hall–Kier alpha value is -2.35. The number of nitrogens with one attached hydrogen (secondary N) is 2. The lowest BCUT2D eigenvalue weighted by atomic mass is 9.80. The zero-order valence-electron chi connectivity index (χ0n) is 19.0. The van der Waals surface area contributed by atoms with Gasteiger partial charge in [-0.05, 0) is 62.1 Å². The number of carbonyl (C=O) groups is 2. The van der Waals surface area contributed by atoms with Crippen molar-refractivity contribution in [3.8, 4) is 0 Å². The smallest absolute Gasteiger partial charge is 0.329 e. The monoisotopic (exact) mass is 463 g/mol. The minimum Gasteiger partial charge on any atom is -0.329 e. The number of benzene rings is 1. The quantitative estimate of drug-likeness (QED) is 0.655. The van der Waals surface area contributed by atoms with Crippen LogP contribution in [0.15, 0.2) is 30.5 Å². The Morgan fingerprint density at radius 2 is 1.97 bits per heavy atom. The number of rotatable bonds is 6. The second-order valence-electron chi connectivity index (χ2n) is 9.81. The molecule has 2 N–H and O–H groups in total. The highest BCUT2D eigenvalue weighted by atomic mass is 19.4. The van der Waals surface area contributed by atoms with E-state index < -0.39 is 24.7 Å². The Bertz CT molecular complexity index is 930. The number of fused-ring (bicyclic) bond motifs is 1. The largest absolute Gasteiger partial charge is 0.390 e. The molecule has 1 saturated carbocycles. The van der Waals surface area contributed by atoms with Crippen molar-refractivity contribution in [3.05, 3.63) is 47.2 Å². The fourth-order valence-electron chi connectivity index (χ4n) is 5.58. The Morgan fingerprint density at radius 3 is 2.70 bits per heavy atom. The van der Waals surface area contributed by atoms with E-state index in [2.05, 4.69) is 17.2 Å². The summed E-state index contributed by atoms with van der Waals surface area (Å²) in [4.78, 5) is 27.0. The average Bonchev–Trinajstić information content (AvgIpc) is 3.04. The molecular weight excluding hydrogens is 431 g/mol. The van der Waals surface area contributed by atoms with Gasteiger partial charge in [0.15, 0.2) is 0 Å². The molecule has 3 aliphatic rings. The highest BCUT2D eigenvalue weighted by Gasteiger charge is 2.38. The number of carbonyl (C=O) groups excluding carboxylic acids is 2. The summed E-state index contributed by atoms with van der Waals surface area (Å²) < 4.78 is 38.3. The van der Waals surface area contributed by atoms with Crippen LogP contribution in [0.25, 0.3) is 0 Å². The first-order valence-electron chi connectivity index (χ1n) is 11.8. The number of hydrogen-bond donors (Lipinski definition) is 2. The molecule has 1 saturated heterocycles. The molecule has 0 bridgehead atoms. The van der Waals surface area contributed by atoms with Crippen molar-refractivity contribution >= 4 is 11.8 Å². The van der Waals surface area contributed by atoms with Crippen LogP contribution in [-0.2, 0) is 17.8 Å². The maximum atomic E-state index is 12.9. The van der Waals surface area contributed by atoms with Gasteiger partial charge in [0.1, 0.15) is 6.04 Å². The van der Waals surface area contributed by atoms with E-state index >= 15 is 0 Å². The first-order valence-corrected chi connectivity index (χ1v) is 11.8. The van der Waals surface area contributed by atoms with Crippen molar-refractivity contribution in [2.24, 2.45) is 5.92 Å². The van der Waals surface area contributed by atoms with Crippen molar-refractivity contribution in [1.29, 1.82) is 0 Å². The number of allylic oxidation sites excluding steroid dienone is 1. The summed E-state index contributed by atoms with van der Waals surface area (Å²) in [6.07, 6.45) is 0.963. The van der Waals surface area contributed by atoms with E-state index in [0.717, 1.165) is 43.2 Å². The molecule has 2 fully saturated rings. The average molecular weight is 464 g/mol. The fraction of sp³-hybridized carbons (Fsp3) is 0.600. The van der Waals surface area contributed by atoms with Crippen molar-refractivity contribution in [3.63, 3.8) is 0 Å². The standard InChI is InChI=1S/C25H32F3N3O2/c1-15-7-10-22(23(32)30-15)31-14-19-12-17(8-9-20(19)24(31)33)11-18-5-3-4-6-21(18)29-16(2)13-25(26,27)28/h8-9,12,16,18,21-22,29H,1,3-7,10-11,13-14H2,2H3,(H,30,32)/t16-,18+,21-,22?/m0/s1. The summed E-state index contributed by atoms with van der Waals surface area (Å²) in [5.41, 5.74) is 3.32. The van der Waals surface area contributed by atoms with Crippen LogP contribution in [0.4, 0.5) is 13.2 Å². The van der Waals surface area contributed by atoms with Crippen LogP contribution in [0.3, 0.4) is 0 Å². The fourth-order valence-corrected chi connectivity index (χ4v) is 5.58. The van der Waals surface area contributed by atoms with Crippen molar-refractivity contribution in [1.82, 2.24) is 15.5 Å². The summed E-state index contributed by atoms with van der Waals surface area (Å²) in [5.74, 6) is -0.0463. The molecule has 2 heterocycles. The van der Waals surface area contributed by atoms with Crippen molar-refractivity contribution in [2.75, 3.05) is 0 Å². The number of nitrogens with zero attached hydrogens (tertiary/aromatic N) is 1. The Labute approximate surface area is 192 Å². The van der Waals surface area contributed by atoms with Gasteiger partial charge in [0, 0.05) is 29.9 Å². The zero-order chi connectivity index (χ0) is 23.8. The molecule has 0 spiro atoms. The molecule has 33 heavy (non-hydrogen) atoms. The molecule has 0 radical (unpaired) electrons. The molecule has 2 aliphatic heterocycles. The molecule has 8 heteroatoms. The first kappa shape index (κ1) is 23.8. The van der Waals surface area contributed by atoms with Crippen LogP contribution < -0.4 is 10.6 Å². The summed E-state index contributed by atoms with van der Waals surface area (Å²) in [6, 6.07) is 4.79. The Kier molecular flexibility index (Phi) is 6.84. The van der Waals surface area contributed by atoms with E-state index in [-0.39, 0.29) is 23.8 Å². The molecule has 1 unspecified atom stereocenters. The van der Waals surface area contributed by atoms with E-state index in [1.54, 1.807) is 11.8 Å². The van der Waals surface area contributed by atoms with Gasteiger partial charge in [-0.3, -0.25) is 9.59 Å². The molecule has 1 aliphatic carbocycles. The highest BCUT2D eigenvalue weighted by molar-refractivity contribution is 6.01. The third kappa shape index (κ3) is 5.60. The highest BCUT2D eigenvalue weighted by Crippen LogP contribution is 2.33. The third-order valence-corrected chi connectivity index (χ3v) is 7.14. The second-order valence-corrected chi connectivity index (χ2v) is 9.81. The summed E-state index contributed by atoms with van der Waals surface area (Å²) >= 11 is 0. The number of piperidine rings is 1. The second kappa shape index (κ2) is 9.49. The van der Waals surface area contributed by atoms with Gasteiger partial charge in [-0.1, -0.05) is 31.6 Å². The minimum atomic E-state index is -4.17. The number of amides is 2. The van der Waals surface area contributed by atoms with Gasteiger partial charge in [-0.15, -0.1) is 0 Å². The summed E-state index contributed by atoms with van der Waals surface area (Å²) in [7, 11) is 0. The van der Waals surface area contributed by atoms with E-state index in [4.69, 9.17) is 0 Å². The first-order chi connectivity index (χ1) is 15.6. The topological polar surface area (TPSA) is 61.4 Å². The summed E-state index contributed by atoms with van der Waals surface area (Å²) in [5, 5.41) is 5.98. The van der Waals surface area contributed by atoms with Crippen LogP contribution in [0.2, 0.25) is 0 Å². The molecule has 5 nitrogen and oxygen atoms in total. The Balaban J connectivity index is 1.42. The molecule has 1 aromatic carbocycles. The van der Waals surface area contributed by atoms with E-state index in [0.29, 0.717) is 30.6 Å². The molecule has 4 rings (SSSR count). The van der Waals surface area contributed by atoms with Crippen LogP contribution in [0.5, 0.6) is 0 Å². The van der Waals surface area contributed by atoms with E-state index in [1.807, 2.05) is 18.2 Å². The number of hydrogen-bond acceptors (Lipinski definition) is 3. The number of alkyl halides is 3. The minimum absolute atomic E-state index is 0.0570. The van der Waals surface area contributed by atoms with Gasteiger partial charge in [-0.2, -0.15) is 13.2 Å². The molecule has 1 aromatic rings. The van der Waals surface area contributed by atoms with Crippen molar-refractivity contribution in [2.45, 2.75) is 89.1 Å². The van der Waals surface area contributed by atoms with Crippen LogP contribution in [0.1, 0.15) is 73.4 Å². The maximum Gasteiger partial charge on any atom is 0.390 e. The maximum absolute atomic E-state index is 12.9. The van der Waals surface area contributed by atoms with E-state index in [9.17, 15) is 22.8 Å². The van der Waals surface area contributed by atoms with Gasteiger partial charge in [0.25, 0.3) is 5.91 Å². The Morgan fingerprint density at radius 1 is 1.21 bits per heavy atom. The van der Waals surface area contributed by atoms with Crippen LogP contribution in [0, 0.1) is 5.92 Å². The predicted molar refractivity (Wildman–Crippen MR) is 119 cm³/mol. The van der Waals surface area contributed by atoms with Crippen LogP contribution >= 0.6 is 0 Å². The zero-order valence-corrected chi connectivity index (χ0v) is 19.0. The number of halogens is 3. The molecular formula is C25H32F3N3O2. The predicted octanol–water partition coefficient (Wildman–Crippen LogP) is 4.47.